The molecule has 1 rings (SSSR count). The molecular formula is C14H21NO2S. The first kappa shape index (κ1) is 15.1. The molecule has 3 nitrogen and oxygen atoms in total. The summed E-state index contributed by atoms with van der Waals surface area (Å²) in [5, 5.41) is 0. The van der Waals surface area contributed by atoms with Gasteiger partial charge in [-0.2, -0.15) is 11.8 Å². The van der Waals surface area contributed by atoms with Crippen molar-refractivity contribution in [3.63, 3.8) is 0 Å². The minimum absolute atomic E-state index is 0.169. The van der Waals surface area contributed by atoms with Crippen LogP contribution < -0.4 is 0 Å². The average Bonchev–Trinajstić information content (AvgIpc) is 2.42. The molecule has 0 amide bonds. The van der Waals surface area contributed by atoms with Crippen molar-refractivity contribution in [2.24, 2.45) is 0 Å². The van der Waals surface area contributed by atoms with Gasteiger partial charge in [0.15, 0.2) is 0 Å². The predicted octanol–water partition coefficient (Wildman–Crippen LogP) is 2.24. The van der Waals surface area contributed by atoms with Gasteiger partial charge >= 0.3 is 5.97 Å². The number of thioether (sulfide) groups is 1. The monoisotopic (exact) mass is 267 g/mol. The highest BCUT2D eigenvalue weighted by Gasteiger charge is 2.22. The van der Waals surface area contributed by atoms with E-state index in [2.05, 4.69) is 11.2 Å². The number of hydrogen-bond acceptors (Lipinski definition) is 4. The molecule has 0 fully saturated rings. The molecule has 0 saturated heterocycles. The molecule has 0 aromatic heterocycles. The van der Waals surface area contributed by atoms with Gasteiger partial charge in [0.1, 0.15) is 0 Å². The Hall–Kier alpha value is -1.00. The summed E-state index contributed by atoms with van der Waals surface area (Å²) in [6.07, 6.45) is 2.09. The van der Waals surface area contributed by atoms with Gasteiger partial charge in [-0.05, 0) is 18.9 Å². The highest BCUT2D eigenvalue weighted by molar-refractivity contribution is 7.98. The third-order valence-electron chi connectivity index (χ3n) is 2.86. The van der Waals surface area contributed by atoms with Crippen LogP contribution in [0.2, 0.25) is 0 Å². The summed E-state index contributed by atoms with van der Waals surface area (Å²) >= 11 is 1.81. The van der Waals surface area contributed by atoms with Crippen LogP contribution in [0.1, 0.15) is 11.5 Å². The maximum absolute atomic E-state index is 11.9. The van der Waals surface area contributed by atoms with E-state index in [0.717, 1.165) is 17.9 Å². The van der Waals surface area contributed by atoms with Gasteiger partial charge in [-0.15, -0.1) is 0 Å². The number of hydrogen-bond donors (Lipinski definition) is 0. The van der Waals surface area contributed by atoms with E-state index < -0.39 is 0 Å². The Labute approximate surface area is 114 Å². The quantitative estimate of drug-likeness (QED) is 0.709. The van der Waals surface area contributed by atoms with Crippen LogP contribution in [0.15, 0.2) is 30.3 Å². The highest BCUT2D eigenvalue weighted by atomic mass is 32.2. The van der Waals surface area contributed by atoms with Gasteiger partial charge in [-0.3, -0.25) is 4.79 Å². The van der Waals surface area contributed by atoms with Crippen LogP contribution in [0.5, 0.6) is 0 Å². The van der Waals surface area contributed by atoms with Crippen LogP contribution in [-0.4, -0.2) is 50.1 Å². The van der Waals surface area contributed by atoms with Crippen molar-refractivity contribution in [3.05, 3.63) is 35.9 Å². The van der Waals surface area contributed by atoms with Crippen molar-refractivity contribution in [1.29, 1.82) is 0 Å². The fourth-order valence-corrected chi connectivity index (χ4v) is 2.29. The first-order valence-electron chi connectivity index (χ1n) is 5.99. The van der Waals surface area contributed by atoms with Crippen molar-refractivity contribution in [3.8, 4) is 0 Å². The van der Waals surface area contributed by atoms with Crippen molar-refractivity contribution in [2.45, 2.75) is 5.92 Å². The summed E-state index contributed by atoms with van der Waals surface area (Å²) < 4.78 is 4.90. The van der Waals surface area contributed by atoms with Gasteiger partial charge < -0.3 is 9.64 Å². The standard InChI is InChI=1S/C14H21NO2S/c1-15(9-10-18-3)11-13(14(16)17-2)12-7-5-4-6-8-12/h4-8,13H,9-11H2,1-3H3. The Kier molecular flexibility index (Phi) is 6.83. The highest BCUT2D eigenvalue weighted by Crippen LogP contribution is 2.18. The van der Waals surface area contributed by atoms with E-state index in [0.29, 0.717) is 6.54 Å². The molecule has 1 atom stereocenters. The predicted molar refractivity (Wildman–Crippen MR) is 77.1 cm³/mol. The van der Waals surface area contributed by atoms with Gasteiger partial charge in [0.2, 0.25) is 0 Å². The topological polar surface area (TPSA) is 29.5 Å². The van der Waals surface area contributed by atoms with Crippen molar-refractivity contribution in [1.82, 2.24) is 4.90 Å². The van der Waals surface area contributed by atoms with Gasteiger partial charge in [0.25, 0.3) is 0 Å². The second-order valence-corrected chi connectivity index (χ2v) is 5.23. The van der Waals surface area contributed by atoms with Crippen LogP contribution in [0.3, 0.4) is 0 Å². The van der Waals surface area contributed by atoms with Gasteiger partial charge in [-0.1, -0.05) is 30.3 Å². The average molecular weight is 267 g/mol. The zero-order valence-corrected chi connectivity index (χ0v) is 12.1. The molecule has 0 aliphatic rings. The van der Waals surface area contributed by atoms with E-state index in [4.69, 9.17) is 4.74 Å². The molecule has 0 aliphatic heterocycles. The van der Waals surface area contributed by atoms with Crippen LogP contribution in [0, 0.1) is 0 Å². The van der Waals surface area contributed by atoms with Crippen molar-refractivity contribution < 1.29 is 9.53 Å². The molecule has 1 aromatic carbocycles. The number of carbonyl (C=O) groups excluding carboxylic acids is 1. The first-order valence-corrected chi connectivity index (χ1v) is 7.38. The molecule has 1 unspecified atom stereocenters. The lowest BCUT2D eigenvalue weighted by molar-refractivity contribution is -0.142. The van der Waals surface area contributed by atoms with Gasteiger partial charge in [0, 0.05) is 18.8 Å². The second-order valence-electron chi connectivity index (χ2n) is 4.24. The number of rotatable bonds is 7. The molecule has 0 heterocycles. The second kappa shape index (κ2) is 8.16. The summed E-state index contributed by atoms with van der Waals surface area (Å²) in [4.78, 5) is 14.0. The third-order valence-corrected chi connectivity index (χ3v) is 3.45. The summed E-state index contributed by atoms with van der Waals surface area (Å²) in [5.41, 5.74) is 1.01. The first-order chi connectivity index (χ1) is 8.69. The number of likely N-dealkylation sites (N-methyl/N-ethyl adjacent to an activating group) is 1. The third kappa shape index (κ3) is 4.70. The molecule has 0 bridgehead atoms. The van der Waals surface area contributed by atoms with Crippen LogP contribution in [-0.2, 0) is 9.53 Å². The summed E-state index contributed by atoms with van der Waals surface area (Å²) in [5.74, 6) is 0.694. The molecule has 0 saturated carbocycles. The maximum atomic E-state index is 11.9. The van der Waals surface area contributed by atoms with E-state index in [1.165, 1.54) is 7.11 Å². The Bertz CT molecular complexity index is 356. The van der Waals surface area contributed by atoms with E-state index in [9.17, 15) is 4.79 Å². The number of nitrogens with zero attached hydrogens (tertiary/aromatic N) is 1. The Morgan fingerprint density at radius 2 is 2.06 bits per heavy atom. The summed E-state index contributed by atoms with van der Waals surface area (Å²) in [7, 11) is 3.48. The number of carbonyl (C=O) groups is 1. The number of esters is 1. The Balaban J connectivity index is 2.71. The van der Waals surface area contributed by atoms with E-state index >= 15 is 0 Å². The SMILES string of the molecule is COC(=O)C(CN(C)CCSC)c1ccccc1. The zero-order valence-electron chi connectivity index (χ0n) is 11.3. The number of benzene rings is 1. The molecule has 0 radical (unpaired) electrons. The van der Waals surface area contributed by atoms with Crippen LogP contribution in [0.25, 0.3) is 0 Å². The number of ether oxygens (including phenoxy) is 1. The smallest absolute Gasteiger partial charge is 0.314 e. The van der Waals surface area contributed by atoms with E-state index in [1.807, 2.05) is 49.1 Å². The van der Waals surface area contributed by atoms with Crippen LogP contribution in [0.4, 0.5) is 0 Å². The summed E-state index contributed by atoms with van der Waals surface area (Å²) in [6, 6.07) is 9.81. The molecule has 18 heavy (non-hydrogen) atoms. The van der Waals surface area contributed by atoms with Gasteiger partial charge in [-0.25, -0.2) is 0 Å². The lowest BCUT2D eigenvalue weighted by atomic mass is 9.99. The molecule has 1 aromatic rings. The van der Waals surface area contributed by atoms with Crippen LogP contribution >= 0.6 is 11.8 Å². The molecule has 0 aliphatic carbocycles. The van der Waals surface area contributed by atoms with Crippen molar-refractivity contribution >= 4 is 17.7 Å². The molecular weight excluding hydrogens is 246 g/mol. The van der Waals surface area contributed by atoms with Crippen molar-refractivity contribution in [2.75, 3.05) is 39.3 Å². The fraction of sp³-hybridized carbons (Fsp3) is 0.500. The molecule has 0 spiro atoms. The fourth-order valence-electron chi connectivity index (χ4n) is 1.79. The lowest BCUT2D eigenvalue weighted by Gasteiger charge is -2.22. The normalized spacial score (nSPS) is 12.4. The molecule has 0 N–H and O–H groups in total. The van der Waals surface area contributed by atoms with Gasteiger partial charge in [0.05, 0.1) is 13.0 Å². The molecule has 100 valence electrons. The van der Waals surface area contributed by atoms with E-state index in [-0.39, 0.29) is 11.9 Å². The Morgan fingerprint density at radius 1 is 1.39 bits per heavy atom. The number of methoxy groups -OCH3 is 1. The zero-order chi connectivity index (χ0) is 13.4. The Morgan fingerprint density at radius 3 is 2.61 bits per heavy atom. The van der Waals surface area contributed by atoms with E-state index in [1.54, 1.807) is 0 Å². The lowest BCUT2D eigenvalue weighted by Crippen LogP contribution is -2.31. The summed E-state index contributed by atoms with van der Waals surface area (Å²) in [6.45, 7) is 1.67. The largest absolute Gasteiger partial charge is 0.469 e. The minimum atomic E-state index is -0.206. The molecule has 4 heteroatoms. The maximum Gasteiger partial charge on any atom is 0.314 e. The minimum Gasteiger partial charge on any atom is -0.469 e.